The van der Waals surface area contributed by atoms with Crippen LogP contribution in [0.25, 0.3) is 0 Å². The van der Waals surface area contributed by atoms with E-state index < -0.39 is 16.8 Å². The number of aromatic nitrogens is 3. The lowest BCUT2D eigenvalue weighted by molar-refractivity contribution is -0.394. The zero-order valence-electron chi connectivity index (χ0n) is 9.05. The van der Waals surface area contributed by atoms with E-state index in [0.29, 0.717) is 5.56 Å². The maximum absolute atomic E-state index is 11.0. The van der Waals surface area contributed by atoms with Gasteiger partial charge in [0, 0.05) is 5.10 Å². The topological polar surface area (TPSA) is 111 Å². The van der Waals surface area contributed by atoms with Gasteiger partial charge in [0.15, 0.2) is 0 Å². The van der Waals surface area contributed by atoms with Gasteiger partial charge in [0.05, 0.1) is 12.1 Å². The fraction of sp³-hybridized carbons (Fsp3) is 0.100. The summed E-state index contributed by atoms with van der Waals surface area (Å²) in [4.78, 5) is 24.2. The normalized spacial score (nSPS) is 10.2. The monoisotopic (exact) mass is 248 g/mol. The molecular formula is C10H8N4O4. The lowest BCUT2D eigenvalue weighted by Crippen LogP contribution is -2.07. The molecule has 0 spiro atoms. The molecule has 8 heteroatoms. The van der Waals surface area contributed by atoms with Crippen LogP contribution in [-0.4, -0.2) is 30.8 Å². The summed E-state index contributed by atoms with van der Waals surface area (Å²) in [6.07, 6.45) is 1.19. The third-order valence-corrected chi connectivity index (χ3v) is 2.27. The third-order valence-electron chi connectivity index (χ3n) is 2.27. The van der Waals surface area contributed by atoms with Crippen LogP contribution in [0.1, 0.15) is 15.9 Å². The molecule has 1 aromatic heterocycles. The van der Waals surface area contributed by atoms with E-state index in [2.05, 4.69) is 10.1 Å². The third kappa shape index (κ3) is 2.32. The van der Waals surface area contributed by atoms with Crippen molar-refractivity contribution < 1.29 is 14.8 Å². The van der Waals surface area contributed by atoms with E-state index in [1.54, 1.807) is 18.2 Å². The van der Waals surface area contributed by atoms with Crippen LogP contribution in [0, 0.1) is 10.1 Å². The largest absolute Gasteiger partial charge is 0.490 e. The van der Waals surface area contributed by atoms with Gasteiger partial charge in [-0.25, -0.2) is 4.79 Å². The smallest absolute Gasteiger partial charge is 0.478 e. The maximum atomic E-state index is 11.0. The van der Waals surface area contributed by atoms with E-state index in [4.69, 9.17) is 5.11 Å². The van der Waals surface area contributed by atoms with Gasteiger partial charge in [0.2, 0.25) is 6.33 Å². The Morgan fingerprint density at radius 1 is 1.44 bits per heavy atom. The fourth-order valence-electron chi connectivity index (χ4n) is 1.49. The summed E-state index contributed by atoms with van der Waals surface area (Å²) in [6, 6.07) is 6.38. The average Bonchev–Trinajstić information content (AvgIpc) is 2.78. The van der Waals surface area contributed by atoms with E-state index in [1.807, 2.05) is 0 Å². The van der Waals surface area contributed by atoms with Gasteiger partial charge in [-0.3, -0.25) is 0 Å². The highest BCUT2D eigenvalue weighted by Gasteiger charge is 2.15. The Balaban J connectivity index is 2.28. The Labute approximate surface area is 101 Å². The maximum Gasteiger partial charge on any atom is 0.490 e. The molecule has 2 aromatic rings. The molecular weight excluding hydrogens is 240 g/mol. The van der Waals surface area contributed by atoms with Crippen molar-refractivity contribution in [1.29, 1.82) is 0 Å². The molecule has 0 amide bonds. The van der Waals surface area contributed by atoms with E-state index in [0.717, 1.165) is 0 Å². The van der Waals surface area contributed by atoms with Crippen molar-refractivity contribution in [3.8, 4) is 0 Å². The molecule has 0 aliphatic heterocycles. The predicted octanol–water partition coefficient (Wildman–Crippen LogP) is 0.933. The van der Waals surface area contributed by atoms with Crippen LogP contribution in [0.5, 0.6) is 0 Å². The molecule has 0 saturated heterocycles. The Morgan fingerprint density at radius 2 is 2.17 bits per heavy atom. The van der Waals surface area contributed by atoms with Gasteiger partial charge in [-0.1, -0.05) is 23.2 Å². The van der Waals surface area contributed by atoms with Crippen molar-refractivity contribution in [2.75, 3.05) is 0 Å². The van der Waals surface area contributed by atoms with Gasteiger partial charge in [-0.15, -0.1) is 0 Å². The molecule has 0 aliphatic carbocycles. The summed E-state index contributed by atoms with van der Waals surface area (Å²) in [6.45, 7) is 0.114. The number of benzene rings is 1. The van der Waals surface area contributed by atoms with Crippen LogP contribution in [0.4, 0.5) is 5.95 Å². The molecule has 0 fully saturated rings. The number of rotatable bonds is 4. The summed E-state index contributed by atoms with van der Waals surface area (Å²) in [7, 11) is 0. The van der Waals surface area contributed by atoms with Crippen LogP contribution >= 0.6 is 0 Å². The zero-order chi connectivity index (χ0) is 13.1. The van der Waals surface area contributed by atoms with Crippen LogP contribution in [0.15, 0.2) is 30.6 Å². The minimum atomic E-state index is -1.06. The SMILES string of the molecule is O=C(O)c1ccccc1Cn1cnc([N+](=O)[O-])n1. The highest BCUT2D eigenvalue weighted by molar-refractivity contribution is 5.89. The molecule has 1 aromatic carbocycles. The first-order valence-corrected chi connectivity index (χ1v) is 4.93. The molecule has 1 heterocycles. The first-order chi connectivity index (χ1) is 8.58. The molecule has 18 heavy (non-hydrogen) atoms. The molecule has 0 unspecified atom stereocenters. The van der Waals surface area contributed by atoms with Crippen molar-refractivity contribution >= 4 is 11.9 Å². The number of nitrogens with zero attached hydrogens (tertiary/aromatic N) is 4. The summed E-state index contributed by atoms with van der Waals surface area (Å²) >= 11 is 0. The second-order valence-electron chi connectivity index (χ2n) is 3.46. The Kier molecular flexibility index (Phi) is 3.00. The van der Waals surface area contributed by atoms with Gasteiger partial charge in [-0.05, 0) is 16.6 Å². The Hall–Kier alpha value is -2.77. The summed E-state index contributed by atoms with van der Waals surface area (Å²) in [5, 5.41) is 23.0. The standard InChI is InChI=1S/C10H8N4O4/c15-9(16)8-4-2-1-3-7(8)5-13-6-11-10(12-13)14(17)18/h1-4,6H,5H2,(H,15,16). The summed E-state index contributed by atoms with van der Waals surface area (Å²) in [5.74, 6) is -1.57. The molecule has 92 valence electrons. The second kappa shape index (κ2) is 4.62. The quantitative estimate of drug-likeness (QED) is 0.636. The predicted molar refractivity (Wildman–Crippen MR) is 59.2 cm³/mol. The Morgan fingerprint density at radius 3 is 2.78 bits per heavy atom. The molecule has 0 atom stereocenters. The van der Waals surface area contributed by atoms with Crippen molar-refractivity contribution in [3.05, 3.63) is 51.8 Å². The number of carboxylic acids is 1. The molecule has 0 bridgehead atoms. The number of hydrogen-bond donors (Lipinski definition) is 1. The van der Waals surface area contributed by atoms with Gasteiger partial charge < -0.3 is 15.2 Å². The highest BCUT2D eigenvalue weighted by atomic mass is 16.6. The van der Waals surface area contributed by atoms with Crippen LogP contribution in [0.2, 0.25) is 0 Å². The van der Waals surface area contributed by atoms with Crippen LogP contribution < -0.4 is 0 Å². The number of hydrogen-bond acceptors (Lipinski definition) is 5. The van der Waals surface area contributed by atoms with E-state index in [1.165, 1.54) is 17.1 Å². The molecule has 8 nitrogen and oxygen atoms in total. The molecule has 0 radical (unpaired) electrons. The summed E-state index contributed by atoms with van der Waals surface area (Å²) in [5.41, 5.74) is 0.639. The average molecular weight is 248 g/mol. The van der Waals surface area contributed by atoms with Crippen molar-refractivity contribution in [2.45, 2.75) is 6.54 Å². The summed E-state index contributed by atoms with van der Waals surface area (Å²) < 4.78 is 1.22. The number of nitro groups is 1. The lowest BCUT2D eigenvalue weighted by atomic mass is 10.1. The van der Waals surface area contributed by atoms with Crippen molar-refractivity contribution in [2.24, 2.45) is 0 Å². The highest BCUT2D eigenvalue weighted by Crippen LogP contribution is 2.11. The first-order valence-electron chi connectivity index (χ1n) is 4.93. The number of carbonyl (C=O) groups is 1. The van der Waals surface area contributed by atoms with Gasteiger partial charge in [-0.2, -0.15) is 4.68 Å². The van der Waals surface area contributed by atoms with Gasteiger partial charge in [0.25, 0.3) is 0 Å². The van der Waals surface area contributed by atoms with Crippen molar-refractivity contribution in [3.63, 3.8) is 0 Å². The second-order valence-corrected chi connectivity index (χ2v) is 3.46. The van der Waals surface area contributed by atoms with Crippen LogP contribution in [0.3, 0.4) is 0 Å². The minimum Gasteiger partial charge on any atom is -0.478 e. The van der Waals surface area contributed by atoms with Crippen molar-refractivity contribution in [1.82, 2.24) is 14.8 Å². The van der Waals surface area contributed by atoms with Gasteiger partial charge in [0.1, 0.15) is 0 Å². The molecule has 2 rings (SSSR count). The minimum absolute atomic E-state index is 0.114. The molecule has 0 saturated carbocycles. The van der Waals surface area contributed by atoms with E-state index >= 15 is 0 Å². The van der Waals surface area contributed by atoms with E-state index in [-0.39, 0.29) is 12.1 Å². The van der Waals surface area contributed by atoms with Crippen LogP contribution in [-0.2, 0) is 6.54 Å². The first kappa shape index (κ1) is 11.7. The number of carboxylic acid groups (broad SMARTS) is 1. The number of aromatic carboxylic acids is 1. The lowest BCUT2D eigenvalue weighted by Gasteiger charge is -2.02. The fourth-order valence-corrected chi connectivity index (χ4v) is 1.49. The molecule has 0 aliphatic rings. The van der Waals surface area contributed by atoms with E-state index in [9.17, 15) is 14.9 Å². The van der Waals surface area contributed by atoms with Gasteiger partial charge >= 0.3 is 11.9 Å². The zero-order valence-corrected chi connectivity index (χ0v) is 9.05. The molecule has 1 N–H and O–H groups in total. The Bertz CT molecular complexity index is 607.